The van der Waals surface area contributed by atoms with E-state index in [0.29, 0.717) is 18.7 Å². The maximum Gasteiger partial charge on any atom is 0.252 e. The number of amides is 1. The normalized spacial score (nSPS) is 10.6. The van der Waals surface area contributed by atoms with Gasteiger partial charge < -0.3 is 16.4 Å². The predicted octanol–water partition coefficient (Wildman–Crippen LogP) is 1.12. The van der Waals surface area contributed by atoms with Crippen LogP contribution < -0.4 is 16.4 Å². The largest absolute Gasteiger partial charge is 0.369 e. The van der Waals surface area contributed by atoms with Crippen LogP contribution in [0.25, 0.3) is 10.9 Å². The number of aromatic nitrogens is 1. The first-order valence-electron chi connectivity index (χ1n) is 6.31. The van der Waals surface area contributed by atoms with Crippen LogP contribution in [-0.2, 0) is 0 Å². The van der Waals surface area contributed by atoms with Gasteiger partial charge in [-0.2, -0.15) is 0 Å². The molecule has 100 valence electrons. The molecule has 0 radical (unpaired) electrons. The second-order valence-corrected chi connectivity index (χ2v) is 4.27. The molecule has 0 unspecified atom stereocenters. The van der Waals surface area contributed by atoms with E-state index in [2.05, 4.69) is 9.88 Å². The van der Waals surface area contributed by atoms with Crippen LogP contribution in [0.1, 0.15) is 17.3 Å². The number of para-hydroxylation sites is 1. The van der Waals surface area contributed by atoms with E-state index >= 15 is 0 Å². The first-order valence-corrected chi connectivity index (χ1v) is 6.31. The minimum atomic E-state index is -0.469. The van der Waals surface area contributed by atoms with Gasteiger partial charge in [-0.1, -0.05) is 18.2 Å². The molecule has 19 heavy (non-hydrogen) atoms. The molecule has 5 heteroatoms. The molecule has 0 atom stereocenters. The summed E-state index contributed by atoms with van der Waals surface area (Å²) in [5.41, 5.74) is 13.2. The lowest BCUT2D eigenvalue weighted by Gasteiger charge is -2.25. The van der Waals surface area contributed by atoms with Crippen LogP contribution in [0.2, 0.25) is 0 Å². The second-order valence-electron chi connectivity index (χ2n) is 4.27. The Morgan fingerprint density at radius 1 is 1.37 bits per heavy atom. The average molecular weight is 258 g/mol. The Labute approximate surface area is 112 Å². The van der Waals surface area contributed by atoms with E-state index in [1.165, 1.54) is 0 Å². The Hall–Kier alpha value is -2.14. The minimum Gasteiger partial charge on any atom is -0.369 e. The highest BCUT2D eigenvalue weighted by Gasteiger charge is 2.17. The molecule has 1 amide bonds. The van der Waals surface area contributed by atoms with Gasteiger partial charge in [-0.25, -0.2) is 0 Å². The van der Waals surface area contributed by atoms with E-state index < -0.39 is 5.91 Å². The summed E-state index contributed by atoms with van der Waals surface area (Å²) in [6.07, 6.45) is 1.54. The highest BCUT2D eigenvalue weighted by Crippen LogP contribution is 2.29. The van der Waals surface area contributed by atoms with Crippen LogP contribution in [-0.4, -0.2) is 30.5 Å². The van der Waals surface area contributed by atoms with Crippen molar-refractivity contribution in [3.8, 4) is 0 Å². The smallest absolute Gasteiger partial charge is 0.252 e. The van der Waals surface area contributed by atoms with Gasteiger partial charge in [0.25, 0.3) is 5.91 Å². The van der Waals surface area contributed by atoms with Crippen molar-refractivity contribution < 1.29 is 4.79 Å². The third-order valence-electron chi connectivity index (χ3n) is 3.11. The molecule has 0 aliphatic carbocycles. The van der Waals surface area contributed by atoms with Crippen molar-refractivity contribution in [2.45, 2.75) is 6.92 Å². The van der Waals surface area contributed by atoms with Gasteiger partial charge in [-0.05, 0) is 13.0 Å². The number of nitrogens with two attached hydrogens (primary N) is 2. The Bertz CT molecular complexity index is 597. The maximum absolute atomic E-state index is 11.6. The van der Waals surface area contributed by atoms with E-state index in [-0.39, 0.29) is 0 Å². The second kappa shape index (κ2) is 5.67. The van der Waals surface area contributed by atoms with E-state index in [1.54, 1.807) is 6.20 Å². The van der Waals surface area contributed by atoms with Crippen molar-refractivity contribution in [3.63, 3.8) is 0 Å². The molecule has 0 spiro atoms. The number of carbonyl (C=O) groups excluding carboxylic acids is 1. The number of primary amides is 1. The van der Waals surface area contributed by atoms with Gasteiger partial charge in [0.2, 0.25) is 0 Å². The molecular weight excluding hydrogens is 240 g/mol. The van der Waals surface area contributed by atoms with Gasteiger partial charge >= 0.3 is 0 Å². The molecule has 4 N–H and O–H groups in total. The number of carbonyl (C=O) groups is 1. The van der Waals surface area contributed by atoms with Crippen molar-refractivity contribution in [1.29, 1.82) is 0 Å². The van der Waals surface area contributed by atoms with Crippen LogP contribution in [0, 0.1) is 0 Å². The molecule has 0 aliphatic heterocycles. The van der Waals surface area contributed by atoms with Crippen molar-refractivity contribution in [2.24, 2.45) is 11.5 Å². The van der Waals surface area contributed by atoms with E-state index in [1.807, 2.05) is 31.2 Å². The van der Waals surface area contributed by atoms with Gasteiger partial charge in [0.15, 0.2) is 0 Å². The summed E-state index contributed by atoms with van der Waals surface area (Å²) in [5, 5.41) is 0.925. The highest BCUT2D eigenvalue weighted by molar-refractivity contribution is 6.06. The van der Waals surface area contributed by atoms with Gasteiger partial charge in [-0.3, -0.25) is 9.78 Å². The zero-order chi connectivity index (χ0) is 13.8. The SMILES string of the molecule is CCN(CCN)c1c(C(N)=O)cnc2ccccc12. The van der Waals surface area contributed by atoms with E-state index in [4.69, 9.17) is 11.5 Å². The van der Waals surface area contributed by atoms with Crippen LogP contribution >= 0.6 is 0 Å². The Morgan fingerprint density at radius 3 is 2.74 bits per heavy atom. The Balaban J connectivity index is 2.71. The summed E-state index contributed by atoms with van der Waals surface area (Å²) in [6, 6.07) is 7.71. The van der Waals surface area contributed by atoms with Crippen molar-refractivity contribution in [2.75, 3.05) is 24.5 Å². The number of fused-ring (bicyclic) bond motifs is 1. The Kier molecular flexibility index (Phi) is 3.97. The quantitative estimate of drug-likeness (QED) is 0.841. The number of anilines is 1. The van der Waals surface area contributed by atoms with Crippen molar-refractivity contribution in [1.82, 2.24) is 4.98 Å². The first kappa shape index (κ1) is 13.3. The third kappa shape index (κ3) is 2.51. The molecule has 0 saturated heterocycles. The number of benzene rings is 1. The summed E-state index contributed by atoms with van der Waals surface area (Å²) < 4.78 is 0. The molecule has 1 aromatic heterocycles. The molecule has 0 aliphatic rings. The first-order chi connectivity index (χ1) is 9.19. The molecule has 5 nitrogen and oxygen atoms in total. The molecular formula is C14H18N4O. The summed E-state index contributed by atoms with van der Waals surface area (Å²) in [5.74, 6) is -0.469. The topological polar surface area (TPSA) is 85.2 Å². The van der Waals surface area contributed by atoms with Crippen molar-refractivity contribution in [3.05, 3.63) is 36.0 Å². The van der Waals surface area contributed by atoms with Gasteiger partial charge in [-0.15, -0.1) is 0 Å². The van der Waals surface area contributed by atoms with Crippen LogP contribution in [0.3, 0.4) is 0 Å². The fourth-order valence-electron chi connectivity index (χ4n) is 2.23. The molecule has 0 fully saturated rings. The highest BCUT2D eigenvalue weighted by atomic mass is 16.1. The number of rotatable bonds is 5. The molecule has 2 aromatic rings. The molecule has 1 aromatic carbocycles. The molecule has 2 rings (SSSR count). The fourth-order valence-corrected chi connectivity index (χ4v) is 2.23. The molecule has 1 heterocycles. The summed E-state index contributed by atoms with van der Waals surface area (Å²) in [7, 11) is 0. The number of nitrogens with zero attached hydrogens (tertiary/aromatic N) is 2. The van der Waals surface area contributed by atoms with Gasteiger partial charge in [0, 0.05) is 31.2 Å². The average Bonchev–Trinajstić information content (AvgIpc) is 2.43. The molecule has 0 bridgehead atoms. The number of hydrogen-bond donors (Lipinski definition) is 2. The van der Waals surface area contributed by atoms with Crippen molar-refractivity contribution >= 4 is 22.5 Å². The number of likely N-dealkylation sites (N-methyl/N-ethyl adjacent to an activating group) is 1. The summed E-state index contributed by atoms with van der Waals surface area (Å²) >= 11 is 0. The predicted molar refractivity (Wildman–Crippen MR) is 77.2 cm³/mol. The monoisotopic (exact) mass is 258 g/mol. The zero-order valence-electron chi connectivity index (χ0n) is 11.0. The lowest BCUT2D eigenvalue weighted by atomic mass is 10.1. The summed E-state index contributed by atoms with van der Waals surface area (Å²) in [4.78, 5) is 18.0. The summed E-state index contributed by atoms with van der Waals surface area (Å²) in [6.45, 7) is 3.97. The van der Waals surface area contributed by atoms with Crippen LogP contribution in [0.15, 0.2) is 30.5 Å². The Morgan fingerprint density at radius 2 is 2.11 bits per heavy atom. The molecule has 0 saturated carbocycles. The van der Waals surface area contributed by atoms with Gasteiger partial charge in [0.1, 0.15) is 0 Å². The van der Waals surface area contributed by atoms with Crippen LogP contribution in [0.4, 0.5) is 5.69 Å². The zero-order valence-corrected chi connectivity index (χ0v) is 11.0. The standard InChI is InChI=1S/C14H18N4O/c1-2-18(8-7-15)13-10-5-3-4-6-12(10)17-9-11(13)14(16)19/h3-6,9H,2,7-8,15H2,1H3,(H2,16,19). The van der Waals surface area contributed by atoms with E-state index in [0.717, 1.165) is 23.1 Å². The third-order valence-corrected chi connectivity index (χ3v) is 3.11. The van der Waals surface area contributed by atoms with E-state index in [9.17, 15) is 4.79 Å². The minimum absolute atomic E-state index is 0.439. The number of hydrogen-bond acceptors (Lipinski definition) is 4. The van der Waals surface area contributed by atoms with Gasteiger partial charge in [0.05, 0.1) is 16.8 Å². The lowest BCUT2D eigenvalue weighted by Crippen LogP contribution is -2.31. The van der Waals surface area contributed by atoms with Crippen LogP contribution in [0.5, 0.6) is 0 Å². The lowest BCUT2D eigenvalue weighted by molar-refractivity contribution is 0.100. The number of pyridine rings is 1. The maximum atomic E-state index is 11.6. The fraction of sp³-hybridized carbons (Fsp3) is 0.286.